The lowest BCUT2D eigenvalue weighted by Gasteiger charge is -2.23. The Bertz CT molecular complexity index is 988. The molecule has 2 aromatic carbocycles. The number of hydrogen-bond donors (Lipinski definition) is 1. The van der Waals surface area contributed by atoms with Crippen molar-refractivity contribution in [2.45, 2.75) is 70.7 Å². The van der Waals surface area contributed by atoms with E-state index in [9.17, 15) is 8.42 Å². The average molecular weight is 464 g/mol. The largest absolute Gasteiger partial charge is 0.493 e. The van der Waals surface area contributed by atoms with Crippen LogP contribution in [0.3, 0.4) is 0 Å². The van der Waals surface area contributed by atoms with Crippen LogP contribution < -0.4 is 18.9 Å². The van der Waals surface area contributed by atoms with E-state index in [4.69, 9.17) is 14.2 Å². The molecule has 0 aliphatic carbocycles. The summed E-state index contributed by atoms with van der Waals surface area (Å²) in [5.74, 6) is 1.88. The molecule has 0 heterocycles. The first kappa shape index (κ1) is 26.0. The number of methoxy groups -OCH3 is 3. The quantitative estimate of drug-likeness (QED) is 0.499. The van der Waals surface area contributed by atoms with Crippen LogP contribution in [0.25, 0.3) is 0 Å². The summed E-state index contributed by atoms with van der Waals surface area (Å²) >= 11 is 0. The number of rotatable bonds is 10. The molecule has 0 aromatic heterocycles. The first-order chi connectivity index (χ1) is 15.0. The molecule has 1 N–H and O–H groups in total. The van der Waals surface area contributed by atoms with Gasteiger partial charge in [-0.15, -0.1) is 0 Å². The SMILES string of the molecule is COc1cc(CNS(=O)(=O)c2c(C(C)C)cc(C(C)C)cc2C(C)C)cc(OC)c1OC. The van der Waals surface area contributed by atoms with Gasteiger partial charge in [-0.05, 0) is 52.1 Å². The maximum Gasteiger partial charge on any atom is 0.241 e. The summed E-state index contributed by atoms with van der Waals surface area (Å²) in [5, 5.41) is 0. The van der Waals surface area contributed by atoms with Crippen molar-refractivity contribution in [2.75, 3.05) is 21.3 Å². The Labute approximate surface area is 193 Å². The van der Waals surface area contributed by atoms with Gasteiger partial charge in [-0.1, -0.05) is 53.7 Å². The van der Waals surface area contributed by atoms with E-state index in [0.29, 0.717) is 33.6 Å². The van der Waals surface area contributed by atoms with Crippen LogP contribution >= 0.6 is 0 Å². The highest BCUT2D eigenvalue weighted by atomic mass is 32.2. The molecular weight excluding hydrogens is 426 g/mol. The summed E-state index contributed by atoms with van der Waals surface area (Å²) in [4.78, 5) is 0.388. The van der Waals surface area contributed by atoms with Gasteiger partial charge in [0, 0.05) is 6.54 Å². The van der Waals surface area contributed by atoms with Crippen LogP contribution in [0, 0.1) is 0 Å². The maximum absolute atomic E-state index is 13.6. The van der Waals surface area contributed by atoms with Gasteiger partial charge >= 0.3 is 0 Å². The van der Waals surface area contributed by atoms with E-state index < -0.39 is 10.0 Å². The van der Waals surface area contributed by atoms with Crippen molar-refractivity contribution in [3.05, 3.63) is 46.5 Å². The fourth-order valence-electron chi connectivity index (χ4n) is 3.69. The molecule has 178 valence electrons. The molecule has 2 aromatic rings. The number of nitrogens with one attached hydrogen (secondary N) is 1. The molecule has 0 aliphatic heterocycles. The average Bonchev–Trinajstić information content (AvgIpc) is 2.75. The molecule has 7 heteroatoms. The van der Waals surface area contributed by atoms with Crippen LogP contribution in [0.5, 0.6) is 17.2 Å². The highest BCUT2D eigenvalue weighted by molar-refractivity contribution is 7.89. The van der Waals surface area contributed by atoms with Crippen LogP contribution in [0.4, 0.5) is 0 Å². The molecule has 0 unspecified atom stereocenters. The zero-order valence-corrected chi connectivity index (χ0v) is 21.5. The lowest BCUT2D eigenvalue weighted by atomic mass is 9.89. The second-order valence-corrected chi connectivity index (χ2v) is 10.6. The van der Waals surface area contributed by atoms with E-state index in [0.717, 1.165) is 16.7 Å². The van der Waals surface area contributed by atoms with Crippen molar-refractivity contribution < 1.29 is 22.6 Å². The molecule has 0 spiro atoms. The highest BCUT2D eigenvalue weighted by Crippen LogP contribution is 2.39. The summed E-state index contributed by atoms with van der Waals surface area (Å²) in [6.07, 6.45) is 0. The Hall–Kier alpha value is -2.25. The number of benzene rings is 2. The molecular formula is C25H37NO5S. The smallest absolute Gasteiger partial charge is 0.241 e. The number of hydrogen-bond acceptors (Lipinski definition) is 5. The van der Waals surface area contributed by atoms with Crippen LogP contribution in [-0.2, 0) is 16.6 Å². The van der Waals surface area contributed by atoms with Gasteiger partial charge < -0.3 is 14.2 Å². The molecule has 0 atom stereocenters. The normalized spacial score (nSPS) is 12.0. The monoisotopic (exact) mass is 463 g/mol. The van der Waals surface area contributed by atoms with E-state index in [1.54, 1.807) is 12.1 Å². The van der Waals surface area contributed by atoms with Gasteiger partial charge in [0.1, 0.15) is 0 Å². The van der Waals surface area contributed by atoms with Crippen LogP contribution in [0.2, 0.25) is 0 Å². The maximum atomic E-state index is 13.6. The molecule has 6 nitrogen and oxygen atoms in total. The molecule has 0 amide bonds. The standard InChI is InChI=1S/C25H37NO5S/c1-15(2)19-12-20(16(3)4)25(21(13-19)17(5)6)32(27,28)26-14-18-10-22(29-7)24(31-9)23(11-18)30-8/h10-13,15-17,26H,14H2,1-9H3. The summed E-state index contributed by atoms with van der Waals surface area (Å²) in [5.41, 5.74) is 3.55. The molecule has 0 aliphatic rings. The molecule has 0 fully saturated rings. The van der Waals surface area contributed by atoms with Gasteiger partial charge in [0.05, 0.1) is 26.2 Å². The summed E-state index contributed by atoms with van der Waals surface area (Å²) in [6.45, 7) is 12.5. The molecule has 2 rings (SSSR count). The van der Waals surface area contributed by atoms with E-state index in [2.05, 4.69) is 18.6 Å². The highest BCUT2D eigenvalue weighted by Gasteiger charge is 2.27. The van der Waals surface area contributed by atoms with E-state index in [1.807, 2.05) is 39.8 Å². The third-order valence-corrected chi connectivity index (χ3v) is 7.07. The number of ether oxygens (including phenoxy) is 3. The Morgan fingerprint density at radius 2 is 1.22 bits per heavy atom. The van der Waals surface area contributed by atoms with Crippen molar-refractivity contribution in [2.24, 2.45) is 0 Å². The van der Waals surface area contributed by atoms with Crippen molar-refractivity contribution in [3.8, 4) is 17.2 Å². The minimum absolute atomic E-state index is 0.0685. The second-order valence-electron chi connectivity index (χ2n) is 8.85. The molecule has 0 saturated carbocycles. The van der Waals surface area contributed by atoms with E-state index in [1.165, 1.54) is 21.3 Å². The third kappa shape index (κ3) is 5.56. The molecule has 0 saturated heterocycles. The first-order valence-corrected chi connectivity index (χ1v) is 12.4. The molecule has 0 radical (unpaired) electrons. The Kier molecular flexibility index (Phi) is 8.60. The van der Waals surface area contributed by atoms with Gasteiger partial charge in [0.15, 0.2) is 11.5 Å². The summed E-state index contributed by atoms with van der Waals surface area (Å²) < 4.78 is 46.1. The van der Waals surface area contributed by atoms with Crippen molar-refractivity contribution in [1.82, 2.24) is 4.72 Å². The van der Waals surface area contributed by atoms with Crippen molar-refractivity contribution in [3.63, 3.8) is 0 Å². The van der Waals surface area contributed by atoms with Crippen LogP contribution in [0.15, 0.2) is 29.2 Å². The lowest BCUT2D eigenvalue weighted by molar-refractivity contribution is 0.323. The zero-order valence-electron chi connectivity index (χ0n) is 20.7. The van der Waals surface area contributed by atoms with Gasteiger partial charge in [-0.3, -0.25) is 0 Å². The minimum Gasteiger partial charge on any atom is -0.493 e. The third-order valence-electron chi connectivity index (χ3n) is 5.54. The molecule has 32 heavy (non-hydrogen) atoms. The first-order valence-electron chi connectivity index (χ1n) is 10.9. The fraction of sp³-hybridized carbons (Fsp3) is 0.520. The Balaban J connectivity index is 2.53. The van der Waals surface area contributed by atoms with Crippen molar-refractivity contribution in [1.29, 1.82) is 0 Å². The molecule has 0 bridgehead atoms. The Morgan fingerprint density at radius 1 is 0.750 bits per heavy atom. The van der Waals surface area contributed by atoms with Crippen LogP contribution in [-0.4, -0.2) is 29.7 Å². The van der Waals surface area contributed by atoms with Gasteiger partial charge in [-0.25, -0.2) is 13.1 Å². The predicted molar refractivity (Wildman–Crippen MR) is 129 cm³/mol. The van der Waals surface area contributed by atoms with Gasteiger partial charge in [-0.2, -0.15) is 0 Å². The summed E-state index contributed by atoms with van der Waals surface area (Å²) in [6, 6.07) is 7.57. The second kappa shape index (κ2) is 10.6. The van der Waals surface area contributed by atoms with E-state index in [-0.39, 0.29) is 18.4 Å². The predicted octanol–water partition coefficient (Wildman–Crippen LogP) is 5.56. The zero-order chi connectivity index (χ0) is 24.2. The van der Waals surface area contributed by atoms with Crippen molar-refractivity contribution >= 4 is 10.0 Å². The topological polar surface area (TPSA) is 73.9 Å². The van der Waals surface area contributed by atoms with E-state index >= 15 is 0 Å². The Morgan fingerprint density at radius 3 is 1.56 bits per heavy atom. The fourth-order valence-corrected chi connectivity index (χ4v) is 5.40. The number of sulfonamides is 1. The lowest BCUT2D eigenvalue weighted by Crippen LogP contribution is -2.26. The minimum atomic E-state index is -3.77. The summed E-state index contributed by atoms with van der Waals surface area (Å²) in [7, 11) is 0.828. The van der Waals surface area contributed by atoms with Gasteiger partial charge in [0.2, 0.25) is 15.8 Å². The van der Waals surface area contributed by atoms with Crippen LogP contribution in [0.1, 0.15) is 81.5 Å². The van der Waals surface area contributed by atoms with Gasteiger partial charge in [0.25, 0.3) is 0 Å².